The van der Waals surface area contributed by atoms with Crippen LogP contribution in [0.3, 0.4) is 0 Å². The molecule has 3 nitrogen and oxygen atoms in total. The van der Waals surface area contributed by atoms with Gasteiger partial charge in [-0.15, -0.1) is 12.4 Å². The molecule has 0 aliphatic carbocycles. The summed E-state index contributed by atoms with van der Waals surface area (Å²) in [5.74, 6) is 0.475. The van der Waals surface area contributed by atoms with Crippen LogP contribution in [0.25, 0.3) is 0 Å². The van der Waals surface area contributed by atoms with E-state index in [-0.39, 0.29) is 18.2 Å². The van der Waals surface area contributed by atoms with Crippen LogP contribution >= 0.6 is 12.4 Å². The van der Waals surface area contributed by atoms with Crippen molar-refractivity contribution >= 4 is 12.4 Å². The van der Waals surface area contributed by atoms with Gasteiger partial charge in [-0.1, -0.05) is 32.0 Å². The second-order valence-electron chi connectivity index (χ2n) is 4.98. The minimum absolute atomic E-state index is 0. The zero-order chi connectivity index (χ0) is 14.4. The van der Waals surface area contributed by atoms with Gasteiger partial charge in [-0.2, -0.15) is 8.78 Å². The summed E-state index contributed by atoms with van der Waals surface area (Å²) in [6.45, 7) is 1.19. The van der Waals surface area contributed by atoms with Crippen LogP contribution in [0, 0.1) is 5.92 Å². The van der Waals surface area contributed by atoms with Crippen molar-refractivity contribution in [2.75, 3.05) is 0 Å². The normalized spacial score (nSPS) is 14.0. The Labute approximate surface area is 124 Å². The average molecular weight is 310 g/mol. The zero-order valence-electron chi connectivity index (χ0n) is 11.6. The standard InChI is InChI=1S/C14H21F2NO2.ClH/c1-9(2)7-8-11(18)13(17)10-5-3-4-6-12(10)19-14(15)16;/h3-6,9,11,13-14,18H,7-8,17H2,1-2H3;1H/t11-,13+;/m1./s1. The maximum Gasteiger partial charge on any atom is 0.387 e. The van der Waals surface area contributed by atoms with Gasteiger partial charge in [0.15, 0.2) is 0 Å². The number of hydrogen-bond donors (Lipinski definition) is 2. The van der Waals surface area contributed by atoms with Gasteiger partial charge in [-0.3, -0.25) is 0 Å². The van der Waals surface area contributed by atoms with E-state index in [0.29, 0.717) is 17.9 Å². The van der Waals surface area contributed by atoms with Crippen LogP contribution in [0.5, 0.6) is 5.75 Å². The van der Waals surface area contributed by atoms with Crippen molar-refractivity contribution in [2.24, 2.45) is 11.7 Å². The zero-order valence-corrected chi connectivity index (χ0v) is 12.4. The van der Waals surface area contributed by atoms with Crippen molar-refractivity contribution in [3.8, 4) is 5.75 Å². The molecule has 20 heavy (non-hydrogen) atoms. The molecule has 0 unspecified atom stereocenters. The molecule has 3 N–H and O–H groups in total. The molecule has 0 aromatic heterocycles. The van der Waals surface area contributed by atoms with Crippen molar-refractivity contribution in [1.82, 2.24) is 0 Å². The van der Waals surface area contributed by atoms with E-state index in [2.05, 4.69) is 4.74 Å². The Morgan fingerprint density at radius 2 is 1.80 bits per heavy atom. The van der Waals surface area contributed by atoms with Gasteiger partial charge < -0.3 is 15.6 Å². The SMILES string of the molecule is CC(C)CC[C@@H](O)[C@@H](N)c1ccccc1OC(F)F.Cl. The van der Waals surface area contributed by atoms with E-state index in [1.807, 2.05) is 13.8 Å². The fraction of sp³-hybridized carbons (Fsp3) is 0.571. The molecule has 1 aromatic rings. The third-order valence-corrected chi connectivity index (χ3v) is 2.95. The number of aliphatic hydroxyl groups excluding tert-OH is 1. The van der Waals surface area contributed by atoms with Crippen LogP contribution in [0.2, 0.25) is 0 Å². The Bertz CT molecular complexity index is 391. The predicted molar refractivity (Wildman–Crippen MR) is 77.3 cm³/mol. The summed E-state index contributed by atoms with van der Waals surface area (Å²) in [6.07, 6.45) is 0.582. The van der Waals surface area contributed by atoms with Crippen molar-refractivity contribution in [1.29, 1.82) is 0 Å². The van der Waals surface area contributed by atoms with Gasteiger partial charge in [0.05, 0.1) is 12.1 Å². The number of benzene rings is 1. The van der Waals surface area contributed by atoms with Gasteiger partial charge in [0.25, 0.3) is 0 Å². The first kappa shape index (κ1) is 19.1. The van der Waals surface area contributed by atoms with Crippen molar-refractivity contribution < 1.29 is 18.6 Å². The number of nitrogens with two attached hydrogens (primary N) is 1. The molecule has 1 aromatic carbocycles. The lowest BCUT2D eigenvalue weighted by Gasteiger charge is -2.22. The quantitative estimate of drug-likeness (QED) is 0.810. The minimum Gasteiger partial charge on any atom is -0.434 e. The lowest BCUT2D eigenvalue weighted by Crippen LogP contribution is -2.27. The molecule has 0 fully saturated rings. The predicted octanol–water partition coefficient (Wildman–Crippen LogP) is 3.51. The summed E-state index contributed by atoms with van der Waals surface area (Å²) in [4.78, 5) is 0. The van der Waals surface area contributed by atoms with Crippen LogP contribution in [0.4, 0.5) is 8.78 Å². The molecule has 0 aliphatic heterocycles. The Morgan fingerprint density at radius 1 is 1.20 bits per heavy atom. The fourth-order valence-electron chi connectivity index (χ4n) is 1.85. The van der Waals surface area contributed by atoms with Crippen LogP contribution in [-0.4, -0.2) is 17.8 Å². The van der Waals surface area contributed by atoms with E-state index in [1.54, 1.807) is 18.2 Å². The largest absolute Gasteiger partial charge is 0.434 e. The Hall–Kier alpha value is -0.910. The smallest absolute Gasteiger partial charge is 0.387 e. The van der Waals surface area contributed by atoms with Crippen LogP contribution in [-0.2, 0) is 0 Å². The fourth-order valence-corrected chi connectivity index (χ4v) is 1.85. The van der Waals surface area contributed by atoms with Crippen molar-refractivity contribution in [2.45, 2.75) is 45.4 Å². The van der Waals surface area contributed by atoms with Gasteiger partial charge >= 0.3 is 6.61 Å². The molecule has 0 saturated heterocycles. The molecule has 0 aliphatic rings. The van der Waals surface area contributed by atoms with Crippen molar-refractivity contribution in [3.63, 3.8) is 0 Å². The molecule has 6 heteroatoms. The first-order valence-electron chi connectivity index (χ1n) is 6.39. The Morgan fingerprint density at radius 3 is 2.35 bits per heavy atom. The second-order valence-corrected chi connectivity index (χ2v) is 4.98. The molecular formula is C14H22ClF2NO2. The summed E-state index contributed by atoms with van der Waals surface area (Å²) < 4.78 is 29.0. The van der Waals surface area contributed by atoms with Gasteiger partial charge in [0, 0.05) is 5.56 Å². The molecule has 2 atom stereocenters. The summed E-state index contributed by atoms with van der Waals surface area (Å²) in [7, 11) is 0. The van der Waals surface area contributed by atoms with Gasteiger partial charge in [0.1, 0.15) is 5.75 Å². The van der Waals surface area contributed by atoms with Gasteiger partial charge in [-0.25, -0.2) is 0 Å². The summed E-state index contributed by atoms with van der Waals surface area (Å²) >= 11 is 0. The monoisotopic (exact) mass is 309 g/mol. The number of ether oxygens (including phenoxy) is 1. The molecule has 0 amide bonds. The molecule has 1 rings (SSSR count). The highest BCUT2D eigenvalue weighted by atomic mass is 35.5. The molecule has 0 saturated carbocycles. The highest BCUT2D eigenvalue weighted by Gasteiger charge is 2.21. The highest BCUT2D eigenvalue weighted by molar-refractivity contribution is 5.85. The second kappa shape index (κ2) is 9.10. The molecule has 0 radical (unpaired) electrons. The first-order chi connectivity index (χ1) is 8.91. The summed E-state index contributed by atoms with van der Waals surface area (Å²) in [5, 5.41) is 10.0. The summed E-state index contributed by atoms with van der Waals surface area (Å²) in [6, 6.07) is 5.57. The van der Waals surface area contributed by atoms with E-state index >= 15 is 0 Å². The highest BCUT2D eigenvalue weighted by Crippen LogP contribution is 2.28. The van der Waals surface area contributed by atoms with E-state index in [1.165, 1.54) is 6.07 Å². The van der Waals surface area contributed by atoms with Crippen molar-refractivity contribution in [3.05, 3.63) is 29.8 Å². The van der Waals surface area contributed by atoms with E-state index in [9.17, 15) is 13.9 Å². The number of alkyl halides is 2. The third-order valence-electron chi connectivity index (χ3n) is 2.95. The maximum atomic E-state index is 12.3. The average Bonchev–Trinajstić information content (AvgIpc) is 2.35. The van der Waals surface area contributed by atoms with E-state index in [4.69, 9.17) is 5.73 Å². The molecule has 0 spiro atoms. The van der Waals surface area contributed by atoms with E-state index < -0.39 is 18.8 Å². The number of rotatable bonds is 7. The molecule has 116 valence electrons. The topological polar surface area (TPSA) is 55.5 Å². The Balaban J connectivity index is 0.00000361. The minimum atomic E-state index is -2.90. The first-order valence-corrected chi connectivity index (χ1v) is 6.39. The lowest BCUT2D eigenvalue weighted by atomic mass is 9.95. The number of para-hydroxylation sites is 1. The molecule has 0 heterocycles. The maximum absolute atomic E-state index is 12.3. The number of halogens is 3. The summed E-state index contributed by atoms with van der Waals surface area (Å²) in [5.41, 5.74) is 6.33. The van der Waals surface area contributed by atoms with Gasteiger partial charge in [-0.05, 0) is 24.8 Å². The van der Waals surface area contributed by atoms with Gasteiger partial charge in [0.2, 0.25) is 0 Å². The van der Waals surface area contributed by atoms with Crippen LogP contribution in [0.1, 0.15) is 38.3 Å². The Kier molecular flexibility index (Phi) is 8.69. The van der Waals surface area contributed by atoms with Crippen LogP contribution in [0.15, 0.2) is 24.3 Å². The van der Waals surface area contributed by atoms with E-state index in [0.717, 1.165) is 6.42 Å². The van der Waals surface area contributed by atoms with Crippen LogP contribution < -0.4 is 10.5 Å². The number of aliphatic hydroxyl groups is 1. The third kappa shape index (κ3) is 6.03. The molecule has 0 bridgehead atoms. The molecular weight excluding hydrogens is 288 g/mol. The number of hydrogen-bond acceptors (Lipinski definition) is 3. The lowest BCUT2D eigenvalue weighted by molar-refractivity contribution is -0.0510.